The third-order valence-corrected chi connectivity index (χ3v) is 5.12. The Labute approximate surface area is 130 Å². The summed E-state index contributed by atoms with van der Waals surface area (Å²) in [5.74, 6) is 1.06. The van der Waals surface area contributed by atoms with Gasteiger partial charge in [-0.1, -0.05) is 22.9 Å². The van der Waals surface area contributed by atoms with E-state index in [1.165, 1.54) is 0 Å². The van der Waals surface area contributed by atoms with Gasteiger partial charge >= 0.3 is 0 Å². The maximum absolute atomic E-state index is 11.7. The summed E-state index contributed by atoms with van der Waals surface area (Å²) >= 11 is 3.46. The van der Waals surface area contributed by atoms with Gasteiger partial charge in [-0.3, -0.25) is 0 Å². The zero-order valence-electron chi connectivity index (χ0n) is 12.2. The van der Waals surface area contributed by atoms with Crippen molar-refractivity contribution in [1.82, 2.24) is 5.32 Å². The molecule has 20 heavy (non-hydrogen) atoms. The SMILES string of the molecule is CCCS(=O)(=O)CCOc1c(C)cc(Br)cc1CNC. The lowest BCUT2D eigenvalue weighted by molar-refractivity contribution is 0.334. The summed E-state index contributed by atoms with van der Waals surface area (Å²) < 4.78 is 30.1. The predicted octanol–water partition coefficient (Wildman–Crippen LogP) is 2.68. The smallest absolute Gasteiger partial charge is 0.153 e. The summed E-state index contributed by atoms with van der Waals surface area (Å²) in [4.78, 5) is 0. The van der Waals surface area contributed by atoms with E-state index in [2.05, 4.69) is 21.2 Å². The van der Waals surface area contributed by atoms with Crippen LogP contribution in [0.25, 0.3) is 0 Å². The molecule has 0 saturated heterocycles. The van der Waals surface area contributed by atoms with Crippen LogP contribution < -0.4 is 10.1 Å². The molecule has 0 aliphatic rings. The van der Waals surface area contributed by atoms with Gasteiger partial charge in [-0.2, -0.15) is 0 Å². The van der Waals surface area contributed by atoms with Gasteiger partial charge in [-0.05, 0) is 38.1 Å². The van der Waals surface area contributed by atoms with E-state index in [4.69, 9.17) is 4.74 Å². The first-order valence-corrected chi connectivity index (χ1v) is 9.28. The van der Waals surface area contributed by atoms with Crippen LogP contribution in [0.3, 0.4) is 0 Å². The lowest BCUT2D eigenvalue weighted by atomic mass is 10.1. The van der Waals surface area contributed by atoms with Crippen LogP contribution in [0.4, 0.5) is 0 Å². The zero-order valence-corrected chi connectivity index (χ0v) is 14.6. The maximum atomic E-state index is 11.7. The van der Waals surface area contributed by atoms with E-state index in [0.717, 1.165) is 21.3 Å². The van der Waals surface area contributed by atoms with E-state index in [1.54, 1.807) is 0 Å². The van der Waals surface area contributed by atoms with Crippen LogP contribution in [-0.2, 0) is 16.4 Å². The minimum Gasteiger partial charge on any atom is -0.492 e. The Morgan fingerprint density at radius 1 is 1.30 bits per heavy atom. The number of hydrogen-bond donors (Lipinski definition) is 1. The average Bonchev–Trinajstić information content (AvgIpc) is 2.32. The molecule has 0 fully saturated rings. The quantitative estimate of drug-likeness (QED) is 0.771. The second-order valence-electron chi connectivity index (χ2n) is 4.74. The molecule has 0 aromatic heterocycles. The van der Waals surface area contributed by atoms with Crippen molar-refractivity contribution in [2.45, 2.75) is 26.8 Å². The molecule has 0 amide bonds. The summed E-state index contributed by atoms with van der Waals surface area (Å²) in [7, 11) is -1.13. The lowest BCUT2D eigenvalue weighted by Crippen LogP contribution is -2.18. The second-order valence-corrected chi connectivity index (χ2v) is 7.96. The molecule has 6 heteroatoms. The molecule has 0 unspecified atom stereocenters. The average molecular weight is 364 g/mol. The van der Waals surface area contributed by atoms with Crippen molar-refractivity contribution < 1.29 is 13.2 Å². The van der Waals surface area contributed by atoms with Gasteiger partial charge in [0.05, 0.1) is 11.5 Å². The van der Waals surface area contributed by atoms with Crippen LogP contribution >= 0.6 is 15.9 Å². The topological polar surface area (TPSA) is 55.4 Å². The van der Waals surface area contributed by atoms with Gasteiger partial charge < -0.3 is 10.1 Å². The summed E-state index contributed by atoms with van der Waals surface area (Å²) in [6, 6.07) is 3.95. The number of sulfone groups is 1. The number of rotatable bonds is 8. The largest absolute Gasteiger partial charge is 0.492 e. The molecule has 4 nitrogen and oxygen atoms in total. The van der Waals surface area contributed by atoms with E-state index in [9.17, 15) is 8.42 Å². The highest BCUT2D eigenvalue weighted by Crippen LogP contribution is 2.28. The monoisotopic (exact) mass is 363 g/mol. The van der Waals surface area contributed by atoms with Crippen LogP contribution in [0.15, 0.2) is 16.6 Å². The summed E-state index contributed by atoms with van der Waals surface area (Å²) in [6.07, 6.45) is 0.644. The molecule has 0 spiro atoms. The Balaban J connectivity index is 2.77. The van der Waals surface area contributed by atoms with Crippen molar-refractivity contribution in [2.24, 2.45) is 0 Å². The highest BCUT2D eigenvalue weighted by atomic mass is 79.9. The van der Waals surface area contributed by atoms with Gasteiger partial charge in [0.1, 0.15) is 12.4 Å². The van der Waals surface area contributed by atoms with Crippen molar-refractivity contribution in [2.75, 3.05) is 25.2 Å². The van der Waals surface area contributed by atoms with Crippen LogP contribution in [-0.4, -0.2) is 33.6 Å². The highest BCUT2D eigenvalue weighted by molar-refractivity contribution is 9.10. The Hall–Kier alpha value is -0.590. The molecule has 1 N–H and O–H groups in total. The van der Waals surface area contributed by atoms with E-state index in [-0.39, 0.29) is 18.1 Å². The minimum absolute atomic E-state index is 0.0648. The molecule has 0 saturated carbocycles. The molecule has 0 atom stereocenters. The predicted molar refractivity (Wildman–Crippen MR) is 86.1 cm³/mol. The molecule has 0 heterocycles. The maximum Gasteiger partial charge on any atom is 0.153 e. The summed E-state index contributed by atoms with van der Waals surface area (Å²) in [6.45, 7) is 4.70. The normalized spacial score (nSPS) is 11.6. The van der Waals surface area contributed by atoms with E-state index >= 15 is 0 Å². The van der Waals surface area contributed by atoms with Crippen LogP contribution in [0, 0.1) is 6.92 Å². The van der Waals surface area contributed by atoms with Gasteiger partial charge in [0.15, 0.2) is 9.84 Å². The number of aryl methyl sites for hydroxylation is 1. The summed E-state index contributed by atoms with van der Waals surface area (Å²) in [5.41, 5.74) is 2.02. The number of nitrogens with one attached hydrogen (secondary N) is 1. The van der Waals surface area contributed by atoms with Crippen LogP contribution in [0.1, 0.15) is 24.5 Å². The van der Waals surface area contributed by atoms with Crippen molar-refractivity contribution in [3.05, 3.63) is 27.7 Å². The Bertz CT molecular complexity index is 544. The first-order valence-electron chi connectivity index (χ1n) is 6.66. The van der Waals surface area contributed by atoms with Gasteiger partial charge in [0, 0.05) is 16.6 Å². The Morgan fingerprint density at radius 2 is 2.00 bits per heavy atom. The van der Waals surface area contributed by atoms with Gasteiger partial charge in [-0.25, -0.2) is 8.42 Å². The first kappa shape index (κ1) is 17.5. The van der Waals surface area contributed by atoms with E-state index in [0.29, 0.717) is 13.0 Å². The first-order chi connectivity index (χ1) is 9.39. The number of halogens is 1. The summed E-state index contributed by atoms with van der Waals surface area (Å²) in [5, 5.41) is 3.09. The lowest BCUT2D eigenvalue weighted by Gasteiger charge is -2.15. The third-order valence-electron chi connectivity index (χ3n) is 2.84. The standard InChI is InChI=1S/C14H22BrNO3S/c1-4-6-20(17,18)7-5-19-14-11(2)8-13(15)9-12(14)10-16-3/h8-9,16H,4-7,10H2,1-3H3. The van der Waals surface area contributed by atoms with E-state index in [1.807, 2.05) is 33.0 Å². The van der Waals surface area contributed by atoms with Gasteiger partial charge in [0.25, 0.3) is 0 Å². The Morgan fingerprint density at radius 3 is 2.60 bits per heavy atom. The van der Waals surface area contributed by atoms with Crippen LogP contribution in [0.2, 0.25) is 0 Å². The fourth-order valence-corrected chi connectivity index (χ4v) is 3.79. The highest BCUT2D eigenvalue weighted by Gasteiger charge is 2.12. The second kappa shape index (κ2) is 8.00. The minimum atomic E-state index is -3.00. The van der Waals surface area contributed by atoms with Crippen molar-refractivity contribution in [3.63, 3.8) is 0 Å². The number of benzene rings is 1. The fourth-order valence-electron chi connectivity index (χ4n) is 2.01. The van der Waals surface area contributed by atoms with Gasteiger partial charge in [-0.15, -0.1) is 0 Å². The van der Waals surface area contributed by atoms with Gasteiger partial charge in [0.2, 0.25) is 0 Å². The molecule has 0 radical (unpaired) electrons. The fraction of sp³-hybridized carbons (Fsp3) is 0.571. The third kappa shape index (κ3) is 5.42. The molecular formula is C14H22BrNO3S. The number of ether oxygens (including phenoxy) is 1. The van der Waals surface area contributed by atoms with Crippen molar-refractivity contribution >= 4 is 25.8 Å². The molecule has 114 valence electrons. The van der Waals surface area contributed by atoms with E-state index < -0.39 is 9.84 Å². The number of hydrogen-bond acceptors (Lipinski definition) is 4. The molecule has 0 aliphatic heterocycles. The molecule has 0 bridgehead atoms. The molecule has 1 rings (SSSR count). The zero-order chi connectivity index (χ0) is 15.2. The molecule has 1 aromatic rings. The molecular weight excluding hydrogens is 342 g/mol. The molecule has 0 aliphatic carbocycles. The Kier molecular flexibility index (Phi) is 6.99. The van der Waals surface area contributed by atoms with Crippen LogP contribution in [0.5, 0.6) is 5.75 Å². The van der Waals surface area contributed by atoms with Crippen molar-refractivity contribution in [3.8, 4) is 5.75 Å². The molecule has 1 aromatic carbocycles. The van der Waals surface area contributed by atoms with Crippen molar-refractivity contribution in [1.29, 1.82) is 0 Å².